The molecule has 1 saturated carbocycles. The smallest absolute Gasteiger partial charge is 0.146 e. The molecule has 0 amide bonds. The van der Waals surface area contributed by atoms with Crippen LogP contribution in [-0.4, -0.2) is 33.6 Å². The Labute approximate surface area is 153 Å². The Morgan fingerprint density at radius 1 is 1.36 bits per heavy atom. The fourth-order valence-corrected chi connectivity index (χ4v) is 4.39. The number of rotatable bonds is 5. The molecule has 1 aliphatic carbocycles. The molecule has 1 aromatic heterocycles. The first-order valence-corrected chi connectivity index (χ1v) is 9.31. The van der Waals surface area contributed by atoms with Crippen LogP contribution >= 0.6 is 11.6 Å². The van der Waals surface area contributed by atoms with Crippen molar-refractivity contribution in [2.45, 2.75) is 38.4 Å². The van der Waals surface area contributed by atoms with E-state index in [4.69, 9.17) is 11.6 Å². The number of nitrogens with zero attached hydrogens (tertiary/aromatic N) is 3. The first-order valence-electron chi connectivity index (χ1n) is 8.93. The molecule has 2 aliphatic rings. The van der Waals surface area contributed by atoms with Gasteiger partial charge in [-0.2, -0.15) is 0 Å². The van der Waals surface area contributed by atoms with Crippen molar-refractivity contribution in [3.05, 3.63) is 52.8 Å². The van der Waals surface area contributed by atoms with Gasteiger partial charge in [0.05, 0.1) is 11.6 Å². The van der Waals surface area contributed by atoms with Crippen LogP contribution in [0.3, 0.4) is 0 Å². The van der Waals surface area contributed by atoms with E-state index >= 15 is 0 Å². The normalized spacial score (nSPS) is 21.8. The summed E-state index contributed by atoms with van der Waals surface area (Å²) in [4.78, 5) is 6.86. The molecule has 25 heavy (non-hydrogen) atoms. The Morgan fingerprint density at radius 3 is 2.88 bits per heavy atom. The molecular weight excluding hydrogens is 339 g/mol. The zero-order chi connectivity index (χ0) is 17.4. The molecule has 2 fully saturated rings. The predicted octanol–water partition coefficient (Wildman–Crippen LogP) is 3.36. The molecule has 4 rings (SSSR count). The molecule has 1 saturated heterocycles. The van der Waals surface area contributed by atoms with Gasteiger partial charge >= 0.3 is 0 Å². The minimum atomic E-state index is -0.297. The average Bonchev–Trinajstić information content (AvgIpc) is 3.13. The van der Waals surface area contributed by atoms with Crippen LogP contribution in [0.15, 0.2) is 30.6 Å². The van der Waals surface area contributed by atoms with Gasteiger partial charge in [-0.25, -0.2) is 9.37 Å². The van der Waals surface area contributed by atoms with E-state index in [-0.39, 0.29) is 10.8 Å². The van der Waals surface area contributed by atoms with E-state index in [0.29, 0.717) is 23.6 Å². The third-order valence-electron chi connectivity index (χ3n) is 5.86. The second kappa shape index (κ2) is 6.71. The zero-order valence-corrected chi connectivity index (χ0v) is 15.3. The second-order valence-corrected chi connectivity index (χ2v) is 7.81. The van der Waals surface area contributed by atoms with Crippen molar-refractivity contribution in [2.24, 2.45) is 12.5 Å². The number of hydrogen-bond acceptors (Lipinski definition) is 3. The van der Waals surface area contributed by atoms with E-state index in [1.165, 1.54) is 19.3 Å². The summed E-state index contributed by atoms with van der Waals surface area (Å²) in [7, 11) is 2.01. The molecule has 6 heteroatoms. The first-order chi connectivity index (χ1) is 12.1. The number of hydrogen-bond donors (Lipinski definition) is 1. The van der Waals surface area contributed by atoms with Gasteiger partial charge in [-0.3, -0.25) is 4.90 Å². The molecule has 1 spiro atoms. The number of benzene rings is 1. The summed E-state index contributed by atoms with van der Waals surface area (Å²) in [6.07, 6.45) is 7.38. The van der Waals surface area contributed by atoms with Crippen molar-refractivity contribution in [3.8, 4) is 0 Å². The Balaban J connectivity index is 1.58. The summed E-state index contributed by atoms with van der Waals surface area (Å²) in [5.74, 6) is 0.715. The van der Waals surface area contributed by atoms with Gasteiger partial charge in [0.1, 0.15) is 11.6 Å². The molecule has 134 valence electrons. The largest absolute Gasteiger partial charge is 0.337 e. The quantitative estimate of drug-likeness (QED) is 0.885. The first kappa shape index (κ1) is 17.0. The Bertz CT molecular complexity index is 754. The molecule has 1 atom stereocenters. The van der Waals surface area contributed by atoms with E-state index in [9.17, 15) is 4.39 Å². The summed E-state index contributed by atoms with van der Waals surface area (Å²) in [5, 5.41) is 3.64. The highest BCUT2D eigenvalue weighted by atomic mass is 35.5. The summed E-state index contributed by atoms with van der Waals surface area (Å²) in [6.45, 7) is 3.46. The highest BCUT2D eigenvalue weighted by Gasteiger charge is 2.56. The van der Waals surface area contributed by atoms with Crippen molar-refractivity contribution in [1.29, 1.82) is 0 Å². The summed E-state index contributed by atoms with van der Waals surface area (Å²) in [5.41, 5.74) is 1.06. The van der Waals surface area contributed by atoms with Crippen LogP contribution < -0.4 is 5.32 Å². The number of piperidine rings is 1. The second-order valence-electron chi connectivity index (χ2n) is 7.40. The SMILES string of the molecule is Cn1ccnc1CN(Cc1cccc(Cl)c1F)[C@@H]1CC12CCNCC2. The molecule has 0 radical (unpaired) electrons. The maximum atomic E-state index is 14.4. The van der Waals surface area contributed by atoms with Gasteiger partial charge in [0.2, 0.25) is 0 Å². The van der Waals surface area contributed by atoms with Crippen LogP contribution in [0.4, 0.5) is 4.39 Å². The summed E-state index contributed by atoms with van der Waals surface area (Å²) >= 11 is 5.98. The molecule has 4 nitrogen and oxygen atoms in total. The molecule has 1 aliphatic heterocycles. The fourth-order valence-electron chi connectivity index (χ4n) is 4.20. The van der Waals surface area contributed by atoms with Gasteiger partial charge < -0.3 is 9.88 Å². The number of imidazole rings is 1. The van der Waals surface area contributed by atoms with Gasteiger partial charge in [0.15, 0.2) is 0 Å². The van der Waals surface area contributed by atoms with Crippen LogP contribution in [0.5, 0.6) is 0 Å². The third-order valence-corrected chi connectivity index (χ3v) is 6.15. The van der Waals surface area contributed by atoms with E-state index in [0.717, 1.165) is 25.5 Å². The maximum absolute atomic E-state index is 14.4. The molecular formula is C19H24ClFN4. The minimum absolute atomic E-state index is 0.196. The van der Waals surface area contributed by atoms with E-state index in [1.54, 1.807) is 6.07 Å². The van der Waals surface area contributed by atoms with Crippen LogP contribution in [0, 0.1) is 11.2 Å². The Morgan fingerprint density at radius 2 is 2.16 bits per heavy atom. The van der Waals surface area contributed by atoms with Crippen molar-refractivity contribution in [1.82, 2.24) is 19.8 Å². The molecule has 2 aromatic rings. The van der Waals surface area contributed by atoms with Gasteiger partial charge in [-0.05, 0) is 43.8 Å². The van der Waals surface area contributed by atoms with E-state index in [1.807, 2.05) is 36.1 Å². The van der Waals surface area contributed by atoms with Crippen LogP contribution in [0.1, 0.15) is 30.7 Å². The van der Waals surface area contributed by atoms with Crippen molar-refractivity contribution in [3.63, 3.8) is 0 Å². The van der Waals surface area contributed by atoms with Gasteiger partial charge in [-0.1, -0.05) is 23.7 Å². The van der Waals surface area contributed by atoms with Crippen molar-refractivity contribution < 1.29 is 4.39 Å². The lowest BCUT2D eigenvalue weighted by molar-refractivity contribution is 0.181. The highest BCUT2D eigenvalue weighted by molar-refractivity contribution is 6.30. The topological polar surface area (TPSA) is 33.1 Å². The number of aryl methyl sites for hydroxylation is 1. The van der Waals surface area contributed by atoms with Crippen molar-refractivity contribution >= 4 is 11.6 Å². The predicted molar refractivity (Wildman–Crippen MR) is 96.8 cm³/mol. The number of nitrogens with one attached hydrogen (secondary N) is 1. The molecule has 0 unspecified atom stereocenters. The monoisotopic (exact) mass is 362 g/mol. The van der Waals surface area contributed by atoms with E-state index in [2.05, 4.69) is 15.2 Å². The van der Waals surface area contributed by atoms with Crippen LogP contribution in [0.2, 0.25) is 5.02 Å². The van der Waals surface area contributed by atoms with Gasteiger partial charge in [0.25, 0.3) is 0 Å². The van der Waals surface area contributed by atoms with Gasteiger partial charge in [-0.15, -0.1) is 0 Å². The Kier molecular flexibility index (Phi) is 4.56. The lowest BCUT2D eigenvalue weighted by Gasteiger charge is -2.29. The number of aromatic nitrogens is 2. The van der Waals surface area contributed by atoms with Gasteiger partial charge in [0, 0.05) is 37.6 Å². The third kappa shape index (κ3) is 3.33. The fraction of sp³-hybridized carbons (Fsp3) is 0.526. The maximum Gasteiger partial charge on any atom is 0.146 e. The molecule has 1 N–H and O–H groups in total. The Hall–Kier alpha value is -1.43. The van der Waals surface area contributed by atoms with Crippen molar-refractivity contribution in [2.75, 3.05) is 13.1 Å². The standard InChI is InChI=1S/C19H24ClFN4/c1-24-10-9-23-17(24)13-25(12-14-3-2-4-15(20)18(14)21)16-11-19(16)5-7-22-8-6-19/h2-4,9-10,16,22H,5-8,11-13H2,1H3/t16-/m1/s1. The lowest BCUT2D eigenvalue weighted by Crippen LogP contribution is -2.36. The summed E-state index contributed by atoms with van der Waals surface area (Å²) in [6, 6.07) is 5.76. The molecule has 1 aromatic carbocycles. The zero-order valence-electron chi connectivity index (χ0n) is 14.5. The lowest BCUT2D eigenvalue weighted by atomic mass is 9.93. The highest BCUT2D eigenvalue weighted by Crippen LogP contribution is 2.56. The van der Waals surface area contributed by atoms with Crippen LogP contribution in [-0.2, 0) is 20.1 Å². The molecule has 2 heterocycles. The number of halogens is 2. The van der Waals surface area contributed by atoms with E-state index < -0.39 is 0 Å². The van der Waals surface area contributed by atoms with Crippen LogP contribution in [0.25, 0.3) is 0 Å². The molecule has 0 bridgehead atoms. The average molecular weight is 363 g/mol. The summed E-state index contributed by atoms with van der Waals surface area (Å²) < 4.78 is 16.5. The minimum Gasteiger partial charge on any atom is -0.337 e.